The van der Waals surface area contributed by atoms with Gasteiger partial charge < -0.3 is 50.7 Å². The van der Waals surface area contributed by atoms with Crippen LogP contribution >= 0.6 is 0 Å². The van der Waals surface area contributed by atoms with Crippen molar-refractivity contribution in [2.75, 3.05) is 100 Å². The van der Waals surface area contributed by atoms with E-state index in [-0.39, 0.29) is 61.7 Å². The Balaban J connectivity index is 0.000000247. The van der Waals surface area contributed by atoms with Crippen LogP contribution in [-0.4, -0.2) is 166 Å². The Bertz CT molecular complexity index is 1810. The molecular weight excluding hydrogens is 867 g/mol. The smallest absolute Gasteiger partial charge is 0.404 e. The van der Waals surface area contributed by atoms with Gasteiger partial charge in [-0.25, -0.2) is 29.5 Å². The lowest BCUT2D eigenvalue weighted by Crippen LogP contribution is -2.54. The molecule has 24 heteroatoms. The third-order valence-electron chi connectivity index (χ3n) is 12.8. The van der Waals surface area contributed by atoms with E-state index in [2.05, 4.69) is 62.1 Å². The quantitative estimate of drug-likeness (QED) is 0.0956. The van der Waals surface area contributed by atoms with Crippen LogP contribution in [-0.2, 0) is 9.59 Å². The average molecular weight is 935 g/mol. The fourth-order valence-electron chi connectivity index (χ4n) is 9.26. The van der Waals surface area contributed by atoms with Crippen molar-refractivity contribution in [1.82, 2.24) is 51.2 Å². The molecule has 2 aromatic heterocycles. The molecule has 0 spiro atoms. The zero-order chi connectivity index (χ0) is 47.9. The maximum Gasteiger partial charge on any atom is 0.404 e. The Morgan fingerprint density at radius 2 is 0.985 bits per heavy atom. The second-order valence-electron chi connectivity index (χ2n) is 17.9. The minimum Gasteiger partial charge on any atom is -0.465 e. The zero-order valence-corrected chi connectivity index (χ0v) is 38.4. The van der Waals surface area contributed by atoms with Gasteiger partial charge in [-0.1, -0.05) is 51.4 Å². The first-order chi connectivity index (χ1) is 31.6. The lowest BCUT2D eigenvalue weighted by molar-refractivity contribution is -0.125. The number of amides is 4. The van der Waals surface area contributed by atoms with Crippen LogP contribution in [0.4, 0.5) is 41.6 Å². The lowest BCUT2D eigenvalue weighted by atomic mass is 9.92. The van der Waals surface area contributed by atoms with Gasteiger partial charge in [0.15, 0.2) is 23.3 Å². The molecule has 4 aliphatic rings. The first-order valence-corrected chi connectivity index (χ1v) is 22.8. The molecule has 0 unspecified atom stereocenters. The van der Waals surface area contributed by atoms with E-state index in [0.717, 1.165) is 51.4 Å². The maximum absolute atomic E-state index is 15.3. The Hall–Kier alpha value is -5.46. The van der Waals surface area contributed by atoms with E-state index in [1.54, 1.807) is 23.6 Å². The van der Waals surface area contributed by atoms with Crippen LogP contribution in [0.25, 0.3) is 0 Å². The summed E-state index contributed by atoms with van der Waals surface area (Å²) in [5.74, 6) is -2.31. The topological polar surface area (TPSA) is 286 Å². The van der Waals surface area contributed by atoms with Crippen molar-refractivity contribution in [2.24, 2.45) is 23.7 Å². The molecule has 66 heavy (non-hydrogen) atoms. The van der Waals surface area contributed by atoms with Gasteiger partial charge in [0.1, 0.15) is 11.6 Å². The van der Waals surface area contributed by atoms with Crippen LogP contribution in [0.15, 0.2) is 0 Å². The summed E-state index contributed by atoms with van der Waals surface area (Å²) in [6, 6.07) is -0.624. The van der Waals surface area contributed by atoms with Gasteiger partial charge in [-0.15, -0.1) is 0 Å². The fourth-order valence-corrected chi connectivity index (χ4v) is 9.26. The highest BCUT2D eigenvalue weighted by molar-refractivity contribution is 5.81. The number of aryl methyl sites for hydroxylation is 2. The number of hydrogen-bond donors (Lipinski definition) is 10. The molecule has 4 amide bonds. The van der Waals surface area contributed by atoms with Crippen LogP contribution in [0.2, 0.25) is 0 Å². The number of hydrazine groups is 2. The maximum atomic E-state index is 15.3. The third kappa shape index (κ3) is 14.8. The second kappa shape index (κ2) is 24.9. The molecule has 4 heterocycles. The molecule has 368 valence electrons. The normalized spacial score (nSPS) is 20.5. The van der Waals surface area contributed by atoms with E-state index in [1.807, 2.05) is 14.1 Å². The highest BCUT2D eigenvalue weighted by Gasteiger charge is 2.33. The Morgan fingerprint density at radius 1 is 0.621 bits per heavy atom. The van der Waals surface area contributed by atoms with E-state index >= 15 is 8.78 Å². The van der Waals surface area contributed by atoms with Crippen LogP contribution in [0.1, 0.15) is 75.9 Å². The largest absolute Gasteiger partial charge is 0.465 e. The van der Waals surface area contributed by atoms with Crippen molar-refractivity contribution >= 4 is 47.3 Å². The predicted molar refractivity (Wildman–Crippen MR) is 241 cm³/mol. The number of likely N-dealkylation sites (N-methyl/N-ethyl adjacent to an activating group) is 2. The molecule has 6 rings (SSSR count). The molecule has 2 aliphatic carbocycles. The van der Waals surface area contributed by atoms with Gasteiger partial charge >= 0.3 is 12.2 Å². The number of aliphatic hydroxyl groups is 2. The summed E-state index contributed by atoms with van der Waals surface area (Å²) in [5.41, 5.74) is 10.1. The van der Waals surface area contributed by atoms with Crippen LogP contribution in [0.3, 0.4) is 0 Å². The number of rotatable bonds is 18. The number of nitrogens with zero attached hydrogens (tertiary/aromatic N) is 8. The first-order valence-electron chi connectivity index (χ1n) is 22.8. The van der Waals surface area contributed by atoms with Crippen molar-refractivity contribution in [3.05, 3.63) is 23.3 Å². The number of aliphatic hydroxyl groups excluding tert-OH is 2. The van der Waals surface area contributed by atoms with Crippen LogP contribution in [0.5, 0.6) is 0 Å². The molecule has 2 saturated heterocycles. The number of aromatic nitrogens is 4. The number of carbonyl (C=O) groups is 4. The molecule has 4 fully saturated rings. The minimum absolute atomic E-state index is 0.0185. The molecular formula is C42H68F2N14O8. The number of piperazine rings is 2. The molecule has 10 N–H and O–H groups in total. The number of hydrogen-bond acceptors (Lipinski definition) is 16. The molecule has 0 radical (unpaired) electrons. The molecule has 4 atom stereocenters. The standard InChI is InChI=1S/2C21H34FN7O4/c2*1-13-24-18(17(22)19(25-13)29-8-7-28(2)11-16(29)12-30)26-27-20(31)15(10-23-21(32)33)9-14-5-3-4-6-14/h2*14-16,23,30H,3-12H2,1-2H3,(H,27,31)(H,32,33)(H,24,25,26)/t2*15-,16-/m11/s1. The van der Waals surface area contributed by atoms with Crippen molar-refractivity contribution in [3.8, 4) is 0 Å². The van der Waals surface area contributed by atoms with Crippen molar-refractivity contribution < 1.29 is 48.4 Å². The molecule has 2 saturated carbocycles. The van der Waals surface area contributed by atoms with Gasteiger partial charge in [0.2, 0.25) is 23.4 Å². The zero-order valence-electron chi connectivity index (χ0n) is 38.4. The molecule has 2 aliphatic heterocycles. The highest BCUT2D eigenvalue weighted by Crippen LogP contribution is 2.32. The summed E-state index contributed by atoms with van der Waals surface area (Å²) in [6.07, 6.45) is 7.24. The van der Waals surface area contributed by atoms with E-state index in [4.69, 9.17) is 10.2 Å². The van der Waals surface area contributed by atoms with Gasteiger partial charge in [0.25, 0.3) is 0 Å². The predicted octanol–water partition coefficient (Wildman–Crippen LogP) is 1.89. The van der Waals surface area contributed by atoms with Gasteiger partial charge in [0, 0.05) is 52.4 Å². The van der Waals surface area contributed by atoms with Crippen molar-refractivity contribution in [1.29, 1.82) is 0 Å². The lowest BCUT2D eigenvalue weighted by Gasteiger charge is -2.40. The first kappa shape index (κ1) is 51.5. The van der Waals surface area contributed by atoms with Crippen molar-refractivity contribution in [2.45, 2.75) is 90.1 Å². The number of carbonyl (C=O) groups excluding carboxylic acids is 2. The fraction of sp³-hybridized carbons (Fsp3) is 0.714. The summed E-state index contributed by atoms with van der Waals surface area (Å²) in [7, 11) is 3.87. The summed E-state index contributed by atoms with van der Waals surface area (Å²) < 4.78 is 30.6. The Kier molecular flexibility index (Phi) is 19.4. The number of carboxylic acid groups (broad SMARTS) is 2. The average Bonchev–Trinajstić information content (AvgIpc) is 4.02. The Morgan fingerprint density at radius 3 is 1.32 bits per heavy atom. The van der Waals surface area contributed by atoms with Gasteiger partial charge in [-0.3, -0.25) is 31.3 Å². The van der Waals surface area contributed by atoms with E-state index < -0.39 is 47.5 Å². The van der Waals surface area contributed by atoms with Gasteiger partial charge in [-0.05, 0) is 52.6 Å². The number of nitrogens with one attached hydrogen (secondary N) is 6. The van der Waals surface area contributed by atoms with E-state index in [1.165, 1.54) is 0 Å². The van der Waals surface area contributed by atoms with Gasteiger partial charge in [-0.2, -0.15) is 8.78 Å². The number of anilines is 4. The van der Waals surface area contributed by atoms with Gasteiger partial charge in [0.05, 0.1) is 37.1 Å². The van der Waals surface area contributed by atoms with Crippen LogP contribution < -0.4 is 42.1 Å². The third-order valence-corrected chi connectivity index (χ3v) is 12.8. The highest BCUT2D eigenvalue weighted by atomic mass is 19.1. The monoisotopic (exact) mass is 935 g/mol. The summed E-state index contributed by atoms with van der Waals surface area (Å²) in [5, 5.41) is 42.0. The van der Waals surface area contributed by atoms with Crippen LogP contribution in [0, 0.1) is 49.2 Å². The summed E-state index contributed by atoms with van der Waals surface area (Å²) in [4.78, 5) is 71.7. The number of halogens is 2. The summed E-state index contributed by atoms with van der Waals surface area (Å²) in [6.45, 7) is 6.42. The molecule has 2 aromatic rings. The van der Waals surface area contributed by atoms with E-state index in [0.29, 0.717) is 75.6 Å². The van der Waals surface area contributed by atoms with E-state index in [9.17, 15) is 29.4 Å². The molecule has 0 bridgehead atoms. The molecule has 22 nitrogen and oxygen atoms in total. The van der Waals surface area contributed by atoms with Crippen molar-refractivity contribution in [3.63, 3.8) is 0 Å². The molecule has 0 aromatic carbocycles. The SMILES string of the molecule is Cc1nc(NNC(=O)[C@@H](CNC(=O)O)CC2CCCC2)c(F)c(N2CCN(C)C[C@@H]2CO)n1.Cc1nc(NNC(=O)[C@@H](CNC(=O)O)CC2CCCC2)c(F)c(N2CCN(C)C[C@@H]2CO)n1. The second-order valence-corrected chi connectivity index (χ2v) is 17.9. The summed E-state index contributed by atoms with van der Waals surface area (Å²) >= 11 is 0. The Labute approximate surface area is 383 Å². The minimum atomic E-state index is -1.19.